The molecule has 0 spiro atoms. The third-order valence-electron chi connectivity index (χ3n) is 13.0. The first kappa shape index (κ1) is 67.1. The number of carbonyl (C=O) groups is 10. The molecule has 22 nitrogen and oxygen atoms in total. The molecular weight excluding hydrogens is 1010 g/mol. The van der Waals surface area contributed by atoms with E-state index in [1.54, 1.807) is 55.4 Å². The van der Waals surface area contributed by atoms with Crippen LogP contribution in [-0.2, 0) is 79.3 Å². The number of para-hydroxylation sites is 1. The van der Waals surface area contributed by atoms with Gasteiger partial charge in [0.2, 0.25) is 29.5 Å². The average molecular weight is 1100 g/mol. The number of amides is 6. The third-order valence-corrected chi connectivity index (χ3v) is 13.0. The molecule has 0 unspecified atom stereocenters. The van der Waals surface area contributed by atoms with Gasteiger partial charge >= 0.3 is 30.0 Å². The van der Waals surface area contributed by atoms with E-state index < -0.39 is 119 Å². The summed E-state index contributed by atoms with van der Waals surface area (Å²) in [7, 11) is 7.19. The monoisotopic (exact) mass is 1100 g/mol. The van der Waals surface area contributed by atoms with Gasteiger partial charge in [0.05, 0.1) is 33.5 Å². The van der Waals surface area contributed by atoms with E-state index in [4.69, 9.17) is 18.9 Å². The number of hydrogen-bond acceptors (Lipinski definition) is 15. The second-order valence-corrected chi connectivity index (χ2v) is 22.2. The molecule has 6 atom stereocenters. The van der Waals surface area contributed by atoms with Crippen molar-refractivity contribution in [1.29, 1.82) is 0 Å². The molecule has 0 aliphatic rings. The quantitative estimate of drug-likeness (QED) is 0.0525. The first-order valence-corrected chi connectivity index (χ1v) is 26.3. The lowest BCUT2D eigenvalue weighted by Crippen LogP contribution is -2.63. The van der Waals surface area contributed by atoms with E-state index in [0.717, 1.165) is 23.6 Å². The Labute approximate surface area is 459 Å². The molecule has 0 aliphatic carbocycles. The Morgan fingerprint density at radius 2 is 1.24 bits per heavy atom. The highest BCUT2D eigenvalue weighted by atomic mass is 16.6. The topological polar surface area (TPSA) is 276 Å². The van der Waals surface area contributed by atoms with Gasteiger partial charge in [0, 0.05) is 68.5 Å². The van der Waals surface area contributed by atoms with Crippen molar-refractivity contribution in [2.45, 2.75) is 176 Å². The first-order valence-electron chi connectivity index (χ1n) is 26.3. The molecule has 0 saturated carbocycles. The number of carbonyl (C=O) groups excluding carboxylic acids is 10. The minimum absolute atomic E-state index is 0.0423. The van der Waals surface area contributed by atoms with Crippen LogP contribution in [0, 0.1) is 11.3 Å². The van der Waals surface area contributed by atoms with Crippen molar-refractivity contribution in [1.82, 2.24) is 35.6 Å². The number of hydrogen-bond donors (Lipinski definition) is 4. The summed E-state index contributed by atoms with van der Waals surface area (Å²) in [6, 6.07) is 0.363. The Morgan fingerprint density at radius 1 is 0.679 bits per heavy atom. The minimum Gasteiger partial charge on any atom is -0.469 e. The van der Waals surface area contributed by atoms with Crippen molar-refractivity contribution < 1.29 is 71.6 Å². The lowest BCUT2D eigenvalue weighted by molar-refractivity contribution is -0.149. The van der Waals surface area contributed by atoms with Crippen LogP contribution in [0.5, 0.6) is 0 Å². The molecule has 436 valence electrons. The van der Waals surface area contributed by atoms with Gasteiger partial charge in [-0.2, -0.15) is 0 Å². The van der Waals surface area contributed by atoms with E-state index in [2.05, 4.69) is 26.0 Å². The molecule has 1 heterocycles. The van der Waals surface area contributed by atoms with E-state index in [9.17, 15) is 43.2 Å². The van der Waals surface area contributed by atoms with Crippen LogP contribution in [0.3, 0.4) is 0 Å². The summed E-state index contributed by atoms with van der Waals surface area (Å²) in [5.41, 5.74) is -1.15. The van der Waals surface area contributed by atoms with E-state index in [0.29, 0.717) is 0 Å². The summed E-state index contributed by atoms with van der Waals surface area (Å²) < 4.78 is 27.3. The number of benzene rings is 1. The maximum Gasteiger partial charge on any atom is 0.410 e. The highest BCUT2D eigenvalue weighted by molar-refractivity contribution is 5.98. The molecule has 2 rings (SSSR count). The predicted molar refractivity (Wildman–Crippen MR) is 291 cm³/mol. The zero-order valence-corrected chi connectivity index (χ0v) is 49.1. The van der Waals surface area contributed by atoms with Gasteiger partial charge in [0.25, 0.3) is 0 Å². The summed E-state index contributed by atoms with van der Waals surface area (Å²) in [5.74, 6) is -6.93. The fourth-order valence-corrected chi connectivity index (χ4v) is 8.83. The van der Waals surface area contributed by atoms with Gasteiger partial charge in [-0.1, -0.05) is 72.7 Å². The molecule has 4 N–H and O–H groups in total. The molecule has 0 radical (unpaired) electrons. The highest BCUT2D eigenvalue weighted by Gasteiger charge is 2.47. The predicted octanol–water partition coefficient (Wildman–Crippen LogP) is 4.92. The van der Waals surface area contributed by atoms with Crippen molar-refractivity contribution in [2.75, 3.05) is 41.5 Å². The zero-order chi connectivity index (χ0) is 59.6. The Bertz CT molecular complexity index is 2480. The SMILES string of the molecule is CCOC(=O)CC[C@H](NC(=O)[C@H](CCC(=O)N[C@@H](CCC(=O)OC)C(=O)OC)NC(=O)/C(C)=C/[C@H](C(C)C)N(C)C(=O)[C@@H](NC(=O)[C@@H](N(C)C(=O)OC(C)(C)C)C(C)(C)c1cn(C)c2ccccc12)C(C)(C)C)C(=O)OCC. The molecule has 0 saturated heterocycles. The summed E-state index contributed by atoms with van der Waals surface area (Å²) in [5, 5.41) is 11.6. The molecule has 0 aliphatic heterocycles. The molecule has 1 aromatic carbocycles. The van der Waals surface area contributed by atoms with Gasteiger partial charge in [0.15, 0.2) is 0 Å². The molecule has 0 fully saturated rings. The summed E-state index contributed by atoms with van der Waals surface area (Å²) in [4.78, 5) is 138. The number of aryl methyl sites for hydroxylation is 1. The highest BCUT2D eigenvalue weighted by Crippen LogP contribution is 2.37. The van der Waals surface area contributed by atoms with Gasteiger partial charge in [0.1, 0.15) is 35.8 Å². The van der Waals surface area contributed by atoms with Crippen LogP contribution in [0.15, 0.2) is 42.1 Å². The van der Waals surface area contributed by atoms with Gasteiger partial charge in [-0.3, -0.25) is 38.5 Å². The van der Waals surface area contributed by atoms with Gasteiger partial charge in [-0.05, 0) is 83.8 Å². The fourth-order valence-electron chi connectivity index (χ4n) is 8.83. The van der Waals surface area contributed by atoms with Crippen molar-refractivity contribution in [2.24, 2.45) is 18.4 Å². The number of nitrogens with zero attached hydrogens (tertiary/aromatic N) is 3. The smallest absolute Gasteiger partial charge is 0.410 e. The van der Waals surface area contributed by atoms with Crippen molar-refractivity contribution in [3.05, 3.63) is 47.7 Å². The number of nitrogens with one attached hydrogen (secondary N) is 4. The van der Waals surface area contributed by atoms with Gasteiger partial charge < -0.3 is 54.4 Å². The molecule has 78 heavy (non-hydrogen) atoms. The van der Waals surface area contributed by atoms with Crippen LogP contribution in [0.4, 0.5) is 4.79 Å². The first-order chi connectivity index (χ1) is 36.2. The number of likely N-dealkylation sites (N-methyl/N-ethyl adjacent to an activating group) is 2. The number of ether oxygens (including phenoxy) is 5. The van der Waals surface area contributed by atoms with Gasteiger partial charge in [-0.25, -0.2) is 14.4 Å². The zero-order valence-electron chi connectivity index (χ0n) is 49.1. The van der Waals surface area contributed by atoms with Crippen LogP contribution in [0.1, 0.15) is 134 Å². The molecule has 0 bridgehead atoms. The summed E-state index contributed by atoms with van der Waals surface area (Å²) >= 11 is 0. The standard InChI is InChI=1S/C56H87N7O15/c1-19-76-44(66)30-27-39(52(72)77-20-2)59-48(68)37(25-28-42(64)57-38(51(71)75-18)26-29-43(65)74-17)58-47(67)34(5)31-41(33(3)4)62(15)50(70)45(54(6,7)8)60-49(69)46(63(16)53(73)78-55(9,10)11)56(12,13)36-32-61(14)40-24-22-21-23-35(36)40/h21-24,31-33,37-39,41,45-46H,19-20,25-30H2,1-18H3,(H,57,64)(H,58,67)(H,59,68)(H,60,69)/b34-31+/t37-,38-,39-,41+,45+,46+/m0/s1. The maximum atomic E-state index is 15.1. The normalized spacial score (nSPS) is 14.3. The average Bonchev–Trinajstić information content (AvgIpc) is 3.70. The number of rotatable bonds is 27. The van der Waals surface area contributed by atoms with E-state index in [-0.39, 0.29) is 56.8 Å². The van der Waals surface area contributed by atoms with E-state index in [1.807, 2.05) is 69.8 Å². The second-order valence-electron chi connectivity index (χ2n) is 22.2. The molecule has 22 heteroatoms. The largest absolute Gasteiger partial charge is 0.469 e. The Kier molecular flexibility index (Phi) is 25.5. The van der Waals surface area contributed by atoms with E-state index in [1.165, 1.54) is 44.0 Å². The number of fused-ring (bicyclic) bond motifs is 1. The molecular formula is C56H87N7O15. The number of methoxy groups -OCH3 is 2. The lowest BCUT2D eigenvalue weighted by Gasteiger charge is -2.42. The second kappa shape index (κ2) is 29.7. The van der Waals surface area contributed by atoms with Crippen molar-refractivity contribution in [3.63, 3.8) is 0 Å². The summed E-state index contributed by atoms with van der Waals surface area (Å²) in [6.07, 6.45) is 0.986. The van der Waals surface area contributed by atoms with Crippen LogP contribution in [0.2, 0.25) is 0 Å². The lowest BCUT2D eigenvalue weighted by atomic mass is 9.76. The molecule has 6 amide bonds. The van der Waals surface area contributed by atoms with Crippen LogP contribution < -0.4 is 21.3 Å². The molecule has 2 aromatic rings. The maximum absolute atomic E-state index is 15.1. The van der Waals surface area contributed by atoms with Crippen molar-refractivity contribution >= 4 is 70.4 Å². The van der Waals surface area contributed by atoms with Crippen LogP contribution in [-0.4, -0.2) is 157 Å². The summed E-state index contributed by atoms with van der Waals surface area (Å²) in [6.45, 7) is 22.6. The minimum atomic E-state index is -1.51. The Balaban J connectivity index is 2.62. The van der Waals surface area contributed by atoms with Crippen LogP contribution in [0.25, 0.3) is 10.9 Å². The Morgan fingerprint density at radius 3 is 1.78 bits per heavy atom. The van der Waals surface area contributed by atoms with Crippen molar-refractivity contribution in [3.8, 4) is 0 Å². The van der Waals surface area contributed by atoms with E-state index >= 15 is 4.79 Å². The fraction of sp³-hybridized carbons (Fsp3) is 0.643. The number of aromatic nitrogens is 1. The van der Waals surface area contributed by atoms with Crippen LogP contribution >= 0.6 is 0 Å². The van der Waals surface area contributed by atoms with Gasteiger partial charge in [-0.15, -0.1) is 0 Å². The Hall–Kier alpha value is -7.00. The third kappa shape index (κ3) is 19.5. The number of esters is 4. The molecule has 1 aromatic heterocycles.